The number of hydrogen-bond donors (Lipinski definition) is 1. The predicted molar refractivity (Wildman–Crippen MR) is 164 cm³/mol. The van der Waals surface area contributed by atoms with E-state index in [-0.39, 0.29) is 11.8 Å². The van der Waals surface area contributed by atoms with Crippen molar-refractivity contribution in [2.45, 2.75) is 114 Å². The Morgan fingerprint density at radius 3 is 2.08 bits per heavy atom. The van der Waals surface area contributed by atoms with Crippen LogP contribution >= 0.6 is 11.8 Å². The van der Waals surface area contributed by atoms with Crippen molar-refractivity contribution < 1.29 is 0 Å². The van der Waals surface area contributed by atoms with E-state index in [1.54, 1.807) is 11.1 Å². The number of rotatable bonds is 17. The molecule has 0 heterocycles. The topological polar surface area (TPSA) is 62.2 Å². The highest BCUT2D eigenvalue weighted by molar-refractivity contribution is 8.05. The van der Waals surface area contributed by atoms with Gasteiger partial charge < -0.3 is 5.73 Å². The molecule has 0 radical (unpaired) electrons. The molecule has 0 aliphatic carbocycles. The molecule has 0 aromatic carbocycles. The largest absolute Gasteiger partial charge is 0.401 e. The third-order valence-electron chi connectivity index (χ3n) is 8.10. The minimum atomic E-state index is 0.142. The van der Waals surface area contributed by atoms with Gasteiger partial charge in [0.2, 0.25) is 0 Å². The molecular formula is C32H55N3S. The van der Waals surface area contributed by atoms with Crippen molar-refractivity contribution in [2.75, 3.05) is 0 Å². The summed E-state index contributed by atoms with van der Waals surface area (Å²) in [7, 11) is 0. The van der Waals surface area contributed by atoms with E-state index in [1.165, 1.54) is 24.0 Å². The molecule has 204 valence electrons. The van der Waals surface area contributed by atoms with Gasteiger partial charge in [-0.2, -0.15) is 5.26 Å². The molecule has 5 unspecified atom stereocenters. The zero-order chi connectivity index (χ0) is 27.8. The van der Waals surface area contributed by atoms with E-state index in [4.69, 9.17) is 5.73 Å². The number of nitriles is 1. The van der Waals surface area contributed by atoms with Gasteiger partial charge in [0.1, 0.15) is 6.07 Å². The Kier molecular flexibility index (Phi) is 17.6. The Hall–Kier alpha value is -1.73. The van der Waals surface area contributed by atoms with Crippen LogP contribution in [-0.4, -0.2) is 5.71 Å². The summed E-state index contributed by atoms with van der Waals surface area (Å²) in [5.41, 5.74) is 11.4. The molecule has 0 aliphatic heterocycles. The zero-order valence-electron chi connectivity index (χ0n) is 25.1. The summed E-state index contributed by atoms with van der Waals surface area (Å²) in [6.45, 7) is 26.1. The summed E-state index contributed by atoms with van der Waals surface area (Å²) in [6, 6.07) is 2.35. The van der Waals surface area contributed by atoms with Gasteiger partial charge >= 0.3 is 0 Å². The Morgan fingerprint density at radius 2 is 1.61 bits per heavy atom. The molecule has 0 amide bonds. The van der Waals surface area contributed by atoms with Crippen LogP contribution in [0, 0.1) is 40.9 Å². The van der Waals surface area contributed by atoms with Crippen molar-refractivity contribution in [3.63, 3.8) is 0 Å². The first-order chi connectivity index (χ1) is 17.0. The molecule has 0 aliphatic rings. The molecule has 36 heavy (non-hydrogen) atoms. The molecule has 5 atom stereocenters. The van der Waals surface area contributed by atoms with Crippen LogP contribution in [0.3, 0.4) is 0 Å². The molecular weight excluding hydrogens is 458 g/mol. The van der Waals surface area contributed by atoms with Gasteiger partial charge in [0.25, 0.3) is 0 Å². The molecule has 3 nitrogen and oxygen atoms in total. The van der Waals surface area contributed by atoms with Crippen LogP contribution in [0.25, 0.3) is 0 Å². The van der Waals surface area contributed by atoms with Gasteiger partial charge in [-0.15, -0.1) is 11.8 Å². The van der Waals surface area contributed by atoms with Crippen LogP contribution in [0.5, 0.6) is 0 Å². The van der Waals surface area contributed by atoms with Gasteiger partial charge in [0.05, 0.1) is 11.3 Å². The third kappa shape index (κ3) is 10.7. The Labute approximate surface area is 228 Å². The smallest absolute Gasteiger partial charge is 0.103 e. The lowest BCUT2D eigenvalue weighted by atomic mass is 9.82. The van der Waals surface area contributed by atoms with E-state index in [9.17, 15) is 5.26 Å². The second kappa shape index (κ2) is 18.5. The molecule has 0 aromatic rings. The standard InChI is InChI=1S/C32H55N3S/c1-12-22(6)26(10)21-36-32(24(8)14-3)28(15-4)19-17-18-25(9)27(11)31(35-16-5)29(20-33)30(34)23(7)13-2/h16,21-23,25,27-28H,5,12-15,17-19,34H2,1-4,6-11H3/b26-21+,30-29+,32-24-,35-31-. The van der Waals surface area contributed by atoms with Crippen molar-refractivity contribution in [2.24, 2.45) is 40.3 Å². The van der Waals surface area contributed by atoms with Crippen LogP contribution in [0.1, 0.15) is 114 Å². The third-order valence-corrected chi connectivity index (χ3v) is 9.53. The number of thioether (sulfide) groups is 1. The molecule has 0 bridgehead atoms. The lowest BCUT2D eigenvalue weighted by molar-refractivity contribution is 0.405. The highest BCUT2D eigenvalue weighted by Gasteiger charge is 2.25. The second-order valence-corrected chi connectivity index (χ2v) is 11.4. The zero-order valence-corrected chi connectivity index (χ0v) is 25.9. The summed E-state index contributed by atoms with van der Waals surface area (Å²) in [5.74, 6) is 1.92. The first-order valence-corrected chi connectivity index (χ1v) is 15.0. The van der Waals surface area contributed by atoms with E-state index in [2.05, 4.69) is 92.3 Å². The quantitative estimate of drug-likeness (QED) is 0.155. The maximum Gasteiger partial charge on any atom is 0.103 e. The fourth-order valence-corrected chi connectivity index (χ4v) is 5.65. The Bertz CT molecular complexity index is 840. The van der Waals surface area contributed by atoms with Crippen LogP contribution < -0.4 is 5.73 Å². The van der Waals surface area contributed by atoms with Gasteiger partial charge in [0, 0.05) is 17.8 Å². The summed E-state index contributed by atoms with van der Waals surface area (Å²) in [5, 5.41) is 12.3. The summed E-state index contributed by atoms with van der Waals surface area (Å²) < 4.78 is 0. The average Bonchev–Trinajstić information content (AvgIpc) is 2.89. The van der Waals surface area contributed by atoms with E-state index in [0.29, 0.717) is 29.0 Å². The fraction of sp³-hybridized carbons (Fsp3) is 0.688. The second-order valence-electron chi connectivity index (χ2n) is 10.5. The first-order valence-electron chi connectivity index (χ1n) is 14.2. The van der Waals surface area contributed by atoms with E-state index >= 15 is 0 Å². The normalized spacial score (nSPS) is 18.4. The van der Waals surface area contributed by atoms with Crippen molar-refractivity contribution in [1.82, 2.24) is 0 Å². The van der Waals surface area contributed by atoms with E-state index < -0.39 is 0 Å². The number of aliphatic imine (C=N–C) groups is 1. The van der Waals surface area contributed by atoms with Gasteiger partial charge in [0.15, 0.2) is 0 Å². The number of hydrogen-bond acceptors (Lipinski definition) is 4. The predicted octanol–water partition coefficient (Wildman–Crippen LogP) is 10.2. The monoisotopic (exact) mass is 513 g/mol. The van der Waals surface area contributed by atoms with Crippen molar-refractivity contribution >= 4 is 17.5 Å². The summed E-state index contributed by atoms with van der Waals surface area (Å²) >= 11 is 1.96. The van der Waals surface area contributed by atoms with Crippen LogP contribution in [-0.2, 0) is 0 Å². The van der Waals surface area contributed by atoms with Gasteiger partial charge in [-0.1, -0.05) is 86.0 Å². The van der Waals surface area contributed by atoms with Crippen LogP contribution in [0.15, 0.2) is 50.5 Å². The van der Waals surface area contributed by atoms with Crippen LogP contribution in [0.4, 0.5) is 0 Å². The van der Waals surface area contributed by atoms with Gasteiger partial charge in [-0.05, 0) is 79.9 Å². The lowest BCUT2D eigenvalue weighted by Gasteiger charge is -2.25. The van der Waals surface area contributed by atoms with Crippen LogP contribution in [0.2, 0.25) is 0 Å². The average molecular weight is 514 g/mol. The maximum absolute atomic E-state index is 9.91. The number of allylic oxidation sites excluding steroid dienone is 5. The summed E-state index contributed by atoms with van der Waals surface area (Å²) in [4.78, 5) is 6.10. The molecule has 0 saturated carbocycles. The first kappa shape index (κ1) is 34.3. The SMILES string of the molecule is C=C/N=C(\C(C#N)=C(\N)C(C)CC)C(C)C(C)CCCC(CC)/C(S/C=C(\C)C(C)CC)=C(\C)CC. The highest BCUT2D eigenvalue weighted by atomic mass is 32.2. The maximum atomic E-state index is 9.91. The molecule has 0 rings (SSSR count). The van der Waals surface area contributed by atoms with Crippen molar-refractivity contribution in [3.05, 3.63) is 45.5 Å². The molecule has 0 saturated heterocycles. The summed E-state index contributed by atoms with van der Waals surface area (Å²) in [6.07, 6.45) is 9.34. The fourth-order valence-electron chi connectivity index (χ4n) is 4.28. The number of nitrogens with zero attached hydrogens (tertiary/aromatic N) is 2. The highest BCUT2D eigenvalue weighted by Crippen LogP contribution is 2.37. The molecule has 0 aromatic heterocycles. The van der Waals surface area contributed by atoms with E-state index in [1.807, 2.05) is 11.8 Å². The molecule has 2 N–H and O–H groups in total. The molecule has 0 fully saturated rings. The van der Waals surface area contributed by atoms with Crippen molar-refractivity contribution in [3.8, 4) is 6.07 Å². The van der Waals surface area contributed by atoms with E-state index in [0.717, 1.165) is 37.8 Å². The lowest BCUT2D eigenvalue weighted by Crippen LogP contribution is -2.24. The molecule has 4 heteroatoms. The Balaban J connectivity index is 5.57. The molecule has 0 spiro atoms. The van der Waals surface area contributed by atoms with Gasteiger partial charge in [-0.3, -0.25) is 4.99 Å². The Morgan fingerprint density at radius 1 is 1.00 bits per heavy atom. The minimum Gasteiger partial charge on any atom is -0.401 e. The minimum absolute atomic E-state index is 0.142. The number of nitrogens with two attached hydrogens (primary N) is 1. The van der Waals surface area contributed by atoms with Crippen molar-refractivity contribution in [1.29, 1.82) is 5.26 Å². The van der Waals surface area contributed by atoms with Gasteiger partial charge in [-0.25, -0.2) is 0 Å².